The van der Waals surface area contributed by atoms with Crippen molar-refractivity contribution in [2.45, 2.75) is 6.92 Å². The number of hydrogen-bond acceptors (Lipinski definition) is 2. The van der Waals surface area contributed by atoms with Gasteiger partial charge in [0.25, 0.3) is 5.91 Å². The summed E-state index contributed by atoms with van der Waals surface area (Å²) in [5.74, 6) is 0.312. The van der Waals surface area contributed by atoms with E-state index in [0.29, 0.717) is 11.5 Å². The van der Waals surface area contributed by atoms with Crippen molar-refractivity contribution in [2.75, 3.05) is 5.32 Å². The van der Waals surface area contributed by atoms with Crippen LogP contribution in [-0.4, -0.2) is 15.9 Å². The van der Waals surface area contributed by atoms with Gasteiger partial charge < -0.3 is 4.98 Å². The van der Waals surface area contributed by atoms with Gasteiger partial charge in [-0.1, -0.05) is 30.3 Å². The van der Waals surface area contributed by atoms with Gasteiger partial charge in [0.2, 0.25) is 5.95 Å². The van der Waals surface area contributed by atoms with Gasteiger partial charge in [-0.2, -0.15) is 0 Å². The zero-order valence-electron chi connectivity index (χ0n) is 10.5. The number of nitrogens with one attached hydrogen (secondary N) is 2. The second-order valence-corrected chi connectivity index (χ2v) is 4.37. The molecule has 2 aromatic carbocycles. The molecule has 1 heterocycles. The van der Waals surface area contributed by atoms with Crippen molar-refractivity contribution in [3.05, 3.63) is 59.7 Å². The summed E-state index contributed by atoms with van der Waals surface area (Å²) >= 11 is 0. The van der Waals surface area contributed by atoms with Crippen LogP contribution in [0.25, 0.3) is 11.0 Å². The second kappa shape index (κ2) is 4.57. The van der Waals surface area contributed by atoms with Gasteiger partial charge in [-0.05, 0) is 30.7 Å². The standard InChI is InChI=1S/C15H13N3O/c1-10-6-2-3-7-11(10)14(19)18-15-16-12-8-4-5-9-13(12)17-15/h2-9H,1H3,(H2,16,17,18,19). The normalized spacial score (nSPS) is 10.6. The molecule has 0 aliphatic carbocycles. The Morgan fingerprint density at radius 3 is 2.63 bits per heavy atom. The van der Waals surface area contributed by atoms with Crippen molar-refractivity contribution in [3.8, 4) is 0 Å². The Balaban J connectivity index is 1.89. The molecule has 0 spiro atoms. The maximum absolute atomic E-state index is 12.1. The molecule has 0 radical (unpaired) electrons. The van der Waals surface area contributed by atoms with Gasteiger partial charge in [-0.15, -0.1) is 0 Å². The highest BCUT2D eigenvalue weighted by Gasteiger charge is 2.10. The third-order valence-corrected chi connectivity index (χ3v) is 3.01. The molecule has 0 aliphatic heterocycles. The Morgan fingerprint density at radius 2 is 1.84 bits per heavy atom. The molecule has 4 nitrogen and oxygen atoms in total. The lowest BCUT2D eigenvalue weighted by atomic mass is 10.1. The first-order valence-electron chi connectivity index (χ1n) is 6.06. The van der Waals surface area contributed by atoms with Gasteiger partial charge >= 0.3 is 0 Å². The fourth-order valence-electron chi connectivity index (χ4n) is 2.01. The summed E-state index contributed by atoms with van der Waals surface area (Å²) in [6, 6.07) is 15.1. The van der Waals surface area contributed by atoms with Gasteiger partial charge in [0.05, 0.1) is 11.0 Å². The van der Waals surface area contributed by atoms with Crippen molar-refractivity contribution in [3.63, 3.8) is 0 Å². The summed E-state index contributed by atoms with van der Waals surface area (Å²) in [7, 11) is 0. The van der Waals surface area contributed by atoms with Crippen LogP contribution in [0.4, 0.5) is 5.95 Å². The third-order valence-electron chi connectivity index (χ3n) is 3.01. The molecule has 0 unspecified atom stereocenters. The number of carbonyl (C=O) groups excluding carboxylic acids is 1. The molecule has 1 amide bonds. The van der Waals surface area contributed by atoms with Crippen LogP contribution in [0.2, 0.25) is 0 Å². The van der Waals surface area contributed by atoms with Gasteiger partial charge in [0, 0.05) is 5.56 Å². The lowest BCUT2D eigenvalue weighted by Crippen LogP contribution is -2.14. The third kappa shape index (κ3) is 2.20. The van der Waals surface area contributed by atoms with Gasteiger partial charge in [-0.3, -0.25) is 10.1 Å². The minimum Gasteiger partial charge on any atom is -0.324 e. The number of benzene rings is 2. The fourth-order valence-corrected chi connectivity index (χ4v) is 2.01. The first-order chi connectivity index (χ1) is 9.24. The Hall–Kier alpha value is -2.62. The molecule has 19 heavy (non-hydrogen) atoms. The van der Waals surface area contributed by atoms with Crippen molar-refractivity contribution in [1.29, 1.82) is 0 Å². The zero-order valence-corrected chi connectivity index (χ0v) is 10.5. The number of hydrogen-bond donors (Lipinski definition) is 2. The summed E-state index contributed by atoms with van der Waals surface area (Å²) in [6.45, 7) is 1.91. The summed E-state index contributed by atoms with van der Waals surface area (Å²) < 4.78 is 0. The van der Waals surface area contributed by atoms with Crippen LogP contribution in [0.15, 0.2) is 48.5 Å². The van der Waals surface area contributed by atoms with E-state index in [1.807, 2.05) is 49.4 Å². The molecule has 2 N–H and O–H groups in total. The van der Waals surface area contributed by atoms with E-state index in [4.69, 9.17) is 0 Å². The van der Waals surface area contributed by atoms with Crippen molar-refractivity contribution in [1.82, 2.24) is 9.97 Å². The Labute approximate surface area is 110 Å². The lowest BCUT2D eigenvalue weighted by molar-refractivity contribution is 0.102. The number of aryl methyl sites for hydroxylation is 1. The summed E-state index contributed by atoms with van der Waals surface area (Å²) in [5, 5.41) is 2.78. The SMILES string of the molecule is Cc1ccccc1C(=O)Nc1nc2ccccc2[nH]1. The Morgan fingerprint density at radius 1 is 1.11 bits per heavy atom. The second-order valence-electron chi connectivity index (χ2n) is 4.37. The molecule has 0 fully saturated rings. The molecule has 0 atom stereocenters. The maximum atomic E-state index is 12.1. The lowest BCUT2D eigenvalue weighted by Gasteiger charge is -2.04. The van der Waals surface area contributed by atoms with Crippen molar-refractivity contribution in [2.24, 2.45) is 0 Å². The van der Waals surface area contributed by atoms with Crippen LogP contribution in [0.5, 0.6) is 0 Å². The van der Waals surface area contributed by atoms with Crippen LogP contribution in [0, 0.1) is 6.92 Å². The van der Waals surface area contributed by atoms with E-state index in [2.05, 4.69) is 15.3 Å². The zero-order chi connectivity index (χ0) is 13.2. The number of aromatic amines is 1. The molecule has 0 saturated heterocycles. The predicted octanol–water partition coefficient (Wildman–Crippen LogP) is 3.12. The topological polar surface area (TPSA) is 57.8 Å². The van der Waals surface area contributed by atoms with Crippen LogP contribution in [0.3, 0.4) is 0 Å². The van der Waals surface area contributed by atoms with Gasteiger partial charge in [0.15, 0.2) is 0 Å². The predicted molar refractivity (Wildman–Crippen MR) is 75.2 cm³/mol. The average molecular weight is 251 g/mol. The minimum absolute atomic E-state index is 0.155. The average Bonchev–Trinajstić information content (AvgIpc) is 2.81. The van der Waals surface area contributed by atoms with E-state index in [1.54, 1.807) is 6.07 Å². The number of nitrogens with zero attached hydrogens (tertiary/aromatic N) is 1. The smallest absolute Gasteiger partial charge is 0.258 e. The van der Waals surface area contributed by atoms with Crippen molar-refractivity contribution < 1.29 is 4.79 Å². The number of anilines is 1. The van der Waals surface area contributed by atoms with E-state index in [9.17, 15) is 4.79 Å². The van der Waals surface area contributed by atoms with E-state index in [0.717, 1.165) is 16.6 Å². The molecule has 94 valence electrons. The van der Waals surface area contributed by atoms with Crippen LogP contribution in [0.1, 0.15) is 15.9 Å². The first kappa shape index (κ1) is 11.5. The maximum Gasteiger partial charge on any atom is 0.258 e. The largest absolute Gasteiger partial charge is 0.324 e. The fraction of sp³-hybridized carbons (Fsp3) is 0.0667. The van der Waals surface area contributed by atoms with Crippen LogP contribution >= 0.6 is 0 Å². The summed E-state index contributed by atoms with van der Waals surface area (Å²) in [4.78, 5) is 19.5. The quantitative estimate of drug-likeness (QED) is 0.735. The summed E-state index contributed by atoms with van der Waals surface area (Å²) in [5.41, 5.74) is 3.34. The highest BCUT2D eigenvalue weighted by molar-refractivity contribution is 6.04. The van der Waals surface area contributed by atoms with E-state index < -0.39 is 0 Å². The number of para-hydroxylation sites is 2. The number of amides is 1. The van der Waals surface area contributed by atoms with Crippen molar-refractivity contribution >= 4 is 22.9 Å². The molecule has 4 heteroatoms. The highest BCUT2D eigenvalue weighted by Crippen LogP contribution is 2.15. The minimum atomic E-state index is -0.155. The van der Waals surface area contributed by atoms with E-state index in [-0.39, 0.29) is 5.91 Å². The van der Waals surface area contributed by atoms with E-state index in [1.165, 1.54) is 0 Å². The molecule has 0 aliphatic rings. The molecule has 0 saturated carbocycles. The van der Waals surface area contributed by atoms with Gasteiger partial charge in [0.1, 0.15) is 0 Å². The van der Waals surface area contributed by atoms with Gasteiger partial charge in [-0.25, -0.2) is 4.98 Å². The summed E-state index contributed by atoms with van der Waals surface area (Å²) in [6.07, 6.45) is 0. The van der Waals surface area contributed by atoms with Crippen LogP contribution < -0.4 is 5.32 Å². The number of rotatable bonds is 2. The molecular weight excluding hydrogens is 238 g/mol. The monoisotopic (exact) mass is 251 g/mol. The Bertz CT molecular complexity index is 713. The van der Waals surface area contributed by atoms with E-state index >= 15 is 0 Å². The molecule has 1 aromatic heterocycles. The first-order valence-corrected chi connectivity index (χ1v) is 6.06. The molecule has 0 bridgehead atoms. The molecule has 3 rings (SSSR count). The number of H-pyrrole nitrogens is 1. The molecule has 3 aromatic rings. The van der Waals surface area contributed by atoms with Crippen LogP contribution in [-0.2, 0) is 0 Å². The molecular formula is C15H13N3O. The number of fused-ring (bicyclic) bond motifs is 1. The number of imidazole rings is 1. The highest BCUT2D eigenvalue weighted by atomic mass is 16.1. The Kier molecular flexibility index (Phi) is 2.76. The number of carbonyl (C=O) groups is 1. The number of aromatic nitrogens is 2.